The normalized spacial score (nSPS) is 12.4. The van der Waals surface area contributed by atoms with E-state index in [1.807, 2.05) is 45.0 Å². The standard InChI is InChI=1S/C14H22N2O2/c1-4-16-13(9-14(15)17)11-6-5-7-12(8-11)18-10(2)3/h5-8,10,13,16H,4,9H2,1-3H3,(H2,15,17). The third-order valence-electron chi connectivity index (χ3n) is 2.49. The molecule has 1 amide bonds. The number of hydrogen-bond donors (Lipinski definition) is 2. The molecule has 0 aliphatic rings. The molecule has 3 N–H and O–H groups in total. The van der Waals surface area contributed by atoms with Crippen LogP contribution in [-0.4, -0.2) is 18.6 Å². The predicted octanol–water partition coefficient (Wildman–Crippen LogP) is 2.00. The number of nitrogens with two attached hydrogens (primary N) is 1. The maximum absolute atomic E-state index is 11.1. The predicted molar refractivity (Wildman–Crippen MR) is 72.4 cm³/mol. The van der Waals surface area contributed by atoms with E-state index in [2.05, 4.69) is 5.32 Å². The van der Waals surface area contributed by atoms with E-state index in [0.29, 0.717) is 6.42 Å². The molecule has 0 aliphatic heterocycles. The Morgan fingerprint density at radius 1 is 1.44 bits per heavy atom. The number of nitrogens with one attached hydrogen (secondary N) is 1. The van der Waals surface area contributed by atoms with E-state index in [4.69, 9.17) is 10.5 Å². The maximum atomic E-state index is 11.1. The molecule has 0 bridgehead atoms. The first-order chi connectivity index (χ1) is 8.52. The summed E-state index contributed by atoms with van der Waals surface area (Å²) in [5.74, 6) is 0.506. The van der Waals surface area contributed by atoms with Gasteiger partial charge in [-0.2, -0.15) is 0 Å². The SMILES string of the molecule is CCNC(CC(N)=O)c1cccc(OC(C)C)c1. The van der Waals surface area contributed by atoms with Gasteiger partial charge in [0.1, 0.15) is 5.75 Å². The van der Waals surface area contributed by atoms with Gasteiger partial charge >= 0.3 is 0 Å². The Morgan fingerprint density at radius 3 is 2.72 bits per heavy atom. The number of carbonyl (C=O) groups excluding carboxylic acids is 1. The molecule has 1 rings (SSSR count). The average molecular weight is 250 g/mol. The molecule has 1 aromatic carbocycles. The third kappa shape index (κ3) is 4.75. The van der Waals surface area contributed by atoms with Gasteiger partial charge in [-0.1, -0.05) is 19.1 Å². The van der Waals surface area contributed by atoms with Gasteiger partial charge in [0.25, 0.3) is 0 Å². The lowest BCUT2D eigenvalue weighted by Gasteiger charge is -2.18. The molecule has 1 unspecified atom stereocenters. The minimum Gasteiger partial charge on any atom is -0.491 e. The molecule has 0 spiro atoms. The number of primary amides is 1. The highest BCUT2D eigenvalue weighted by atomic mass is 16.5. The average Bonchev–Trinajstić information content (AvgIpc) is 2.27. The molecule has 1 atom stereocenters. The van der Waals surface area contributed by atoms with E-state index >= 15 is 0 Å². The van der Waals surface area contributed by atoms with Crippen LogP contribution in [0.2, 0.25) is 0 Å². The number of hydrogen-bond acceptors (Lipinski definition) is 3. The van der Waals surface area contributed by atoms with Gasteiger partial charge < -0.3 is 15.8 Å². The van der Waals surface area contributed by atoms with Crippen molar-refractivity contribution in [2.24, 2.45) is 5.73 Å². The Hall–Kier alpha value is -1.55. The number of benzene rings is 1. The second kappa shape index (κ2) is 7.01. The molecule has 0 fully saturated rings. The van der Waals surface area contributed by atoms with E-state index in [-0.39, 0.29) is 18.1 Å². The summed E-state index contributed by atoms with van der Waals surface area (Å²) < 4.78 is 5.64. The summed E-state index contributed by atoms with van der Waals surface area (Å²) >= 11 is 0. The van der Waals surface area contributed by atoms with Gasteiger partial charge in [-0.3, -0.25) is 4.79 Å². The van der Waals surface area contributed by atoms with Crippen LogP contribution in [0.15, 0.2) is 24.3 Å². The molecular weight excluding hydrogens is 228 g/mol. The van der Waals surface area contributed by atoms with E-state index in [0.717, 1.165) is 17.9 Å². The minimum atomic E-state index is -0.309. The summed E-state index contributed by atoms with van der Waals surface area (Å²) in [5, 5.41) is 3.25. The molecule has 4 heteroatoms. The van der Waals surface area contributed by atoms with E-state index in [1.54, 1.807) is 0 Å². The van der Waals surface area contributed by atoms with E-state index in [9.17, 15) is 4.79 Å². The summed E-state index contributed by atoms with van der Waals surface area (Å²) in [6.45, 7) is 6.76. The second-order valence-corrected chi connectivity index (χ2v) is 4.52. The lowest BCUT2D eigenvalue weighted by Crippen LogP contribution is -2.26. The number of ether oxygens (including phenoxy) is 1. The highest BCUT2D eigenvalue weighted by Gasteiger charge is 2.13. The summed E-state index contributed by atoms with van der Waals surface area (Å²) in [5.41, 5.74) is 6.29. The number of rotatable bonds is 7. The second-order valence-electron chi connectivity index (χ2n) is 4.52. The Balaban J connectivity index is 2.86. The van der Waals surface area contributed by atoms with Gasteiger partial charge in [0.05, 0.1) is 6.10 Å². The molecule has 4 nitrogen and oxygen atoms in total. The lowest BCUT2D eigenvalue weighted by molar-refractivity contribution is -0.118. The molecule has 100 valence electrons. The Morgan fingerprint density at radius 2 is 2.17 bits per heavy atom. The summed E-state index contributed by atoms with van der Waals surface area (Å²) in [7, 11) is 0. The van der Waals surface area contributed by atoms with Gasteiger partial charge in [-0.05, 0) is 38.1 Å². The largest absolute Gasteiger partial charge is 0.491 e. The summed E-state index contributed by atoms with van der Waals surface area (Å²) in [6, 6.07) is 7.72. The monoisotopic (exact) mass is 250 g/mol. The van der Waals surface area contributed by atoms with Crippen LogP contribution in [0.3, 0.4) is 0 Å². The minimum absolute atomic E-state index is 0.0526. The van der Waals surface area contributed by atoms with Gasteiger partial charge in [-0.25, -0.2) is 0 Å². The first-order valence-electron chi connectivity index (χ1n) is 6.31. The van der Waals surface area contributed by atoms with Crippen LogP contribution in [0.1, 0.15) is 38.8 Å². The third-order valence-corrected chi connectivity index (χ3v) is 2.49. The van der Waals surface area contributed by atoms with Crippen LogP contribution < -0.4 is 15.8 Å². The first kappa shape index (κ1) is 14.5. The zero-order chi connectivity index (χ0) is 13.5. The van der Waals surface area contributed by atoms with Crippen molar-refractivity contribution in [1.82, 2.24) is 5.32 Å². The van der Waals surface area contributed by atoms with Gasteiger partial charge in [0.15, 0.2) is 0 Å². The van der Waals surface area contributed by atoms with Crippen LogP contribution >= 0.6 is 0 Å². The van der Waals surface area contributed by atoms with Crippen molar-refractivity contribution in [3.63, 3.8) is 0 Å². The highest BCUT2D eigenvalue weighted by Crippen LogP contribution is 2.22. The maximum Gasteiger partial charge on any atom is 0.219 e. The van der Waals surface area contributed by atoms with Gasteiger partial charge in [0, 0.05) is 12.5 Å². The van der Waals surface area contributed by atoms with Gasteiger partial charge in [0.2, 0.25) is 5.91 Å². The fourth-order valence-electron chi connectivity index (χ4n) is 1.83. The van der Waals surface area contributed by atoms with Crippen LogP contribution in [0.25, 0.3) is 0 Å². The molecule has 1 aromatic rings. The fraction of sp³-hybridized carbons (Fsp3) is 0.500. The Bertz CT molecular complexity index is 391. The van der Waals surface area contributed by atoms with E-state index < -0.39 is 0 Å². The van der Waals surface area contributed by atoms with Crippen LogP contribution in [-0.2, 0) is 4.79 Å². The van der Waals surface area contributed by atoms with Crippen LogP contribution in [0, 0.1) is 0 Å². The zero-order valence-corrected chi connectivity index (χ0v) is 11.3. The molecule has 0 heterocycles. The topological polar surface area (TPSA) is 64.3 Å². The number of carbonyl (C=O) groups is 1. The van der Waals surface area contributed by atoms with Crippen molar-refractivity contribution in [3.8, 4) is 5.75 Å². The van der Waals surface area contributed by atoms with Crippen molar-refractivity contribution in [3.05, 3.63) is 29.8 Å². The molecule has 0 radical (unpaired) electrons. The van der Waals surface area contributed by atoms with Crippen molar-refractivity contribution in [1.29, 1.82) is 0 Å². The van der Waals surface area contributed by atoms with Crippen molar-refractivity contribution in [2.75, 3.05) is 6.54 Å². The van der Waals surface area contributed by atoms with Crippen molar-refractivity contribution in [2.45, 2.75) is 39.3 Å². The Labute approximate surface area is 109 Å². The quantitative estimate of drug-likeness (QED) is 0.778. The lowest BCUT2D eigenvalue weighted by atomic mass is 10.0. The smallest absolute Gasteiger partial charge is 0.219 e. The molecular formula is C14H22N2O2. The molecule has 0 saturated heterocycles. The summed E-state index contributed by atoms with van der Waals surface area (Å²) in [6.07, 6.45) is 0.424. The van der Waals surface area contributed by atoms with Crippen molar-refractivity contribution < 1.29 is 9.53 Å². The zero-order valence-electron chi connectivity index (χ0n) is 11.3. The summed E-state index contributed by atoms with van der Waals surface area (Å²) in [4.78, 5) is 11.1. The van der Waals surface area contributed by atoms with Crippen molar-refractivity contribution >= 4 is 5.91 Å². The number of amides is 1. The fourth-order valence-corrected chi connectivity index (χ4v) is 1.83. The molecule has 18 heavy (non-hydrogen) atoms. The molecule has 0 saturated carbocycles. The van der Waals surface area contributed by atoms with Crippen LogP contribution in [0.4, 0.5) is 0 Å². The molecule has 0 aliphatic carbocycles. The van der Waals surface area contributed by atoms with E-state index in [1.165, 1.54) is 0 Å². The first-order valence-corrected chi connectivity index (χ1v) is 6.31. The van der Waals surface area contributed by atoms with Crippen LogP contribution in [0.5, 0.6) is 5.75 Å². The van der Waals surface area contributed by atoms with Gasteiger partial charge in [-0.15, -0.1) is 0 Å². The Kier molecular flexibility index (Phi) is 5.65. The highest BCUT2D eigenvalue weighted by molar-refractivity contribution is 5.74. The molecule has 0 aromatic heterocycles.